The predicted molar refractivity (Wildman–Crippen MR) is 78.9 cm³/mol. The van der Waals surface area contributed by atoms with E-state index >= 15 is 0 Å². The zero-order valence-electron chi connectivity index (χ0n) is 11.1. The van der Waals surface area contributed by atoms with Gasteiger partial charge in [-0.25, -0.2) is 13.6 Å². The van der Waals surface area contributed by atoms with E-state index in [2.05, 4.69) is 21.2 Å². The minimum absolute atomic E-state index is 0.152. The van der Waals surface area contributed by atoms with E-state index in [9.17, 15) is 13.6 Å². The molecule has 0 spiro atoms. The van der Waals surface area contributed by atoms with E-state index in [0.717, 1.165) is 22.7 Å². The lowest BCUT2D eigenvalue weighted by atomic mass is 10.1. The van der Waals surface area contributed by atoms with Crippen LogP contribution in [0.2, 0.25) is 0 Å². The molecule has 3 nitrogen and oxygen atoms in total. The Hall–Kier alpha value is -1.95. The van der Waals surface area contributed by atoms with Crippen LogP contribution in [-0.2, 0) is 9.53 Å². The summed E-state index contributed by atoms with van der Waals surface area (Å²) in [7, 11) is 1.22. The fourth-order valence-corrected chi connectivity index (χ4v) is 2.28. The van der Waals surface area contributed by atoms with E-state index < -0.39 is 23.6 Å². The summed E-state index contributed by atoms with van der Waals surface area (Å²) in [4.78, 5) is 11.9. The molecule has 0 heterocycles. The third-order valence-corrected chi connectivity index (χ3v) is 3.28. The van der Waals surface area contributed by atoms with Gasteiger partial charge in [-0.3, -0.25) is 0 Å². The van der Waals surface area contributed by atoms with Crippen molar-refractivity contribution in [2.24, 2.45) is 0 Å². The Labute approximate surface area is 129 Å². The molecule has 0 aliphatic carbocycles. The molecule has 0 radical (unpaired) electrons. The Bertz CT molecular complexity index is 644. The van der Waals surface area contributed by atoms with Gasteiger partial charge in [-0.1, -0.05) is 22.0 Å². The minimum Gasteiger partial charge on any atom is -0.467 e. The third-order valence-electron chi connectivity index (χ3n) is 2.79. The molecule has 0 bridgehead atoms. The largest absolute Gasteiger partial charge is 0.467 e. The maximum absolute atomic E-state index is 13.3. The Morgan fingerprint density at radius 3 is 2.43 bits per heavy atom. The summed E-state index contributed by atoms with van der Waals surface area (Å²) < 4.78 is 32.2. The topological polar surface area (TPSA) is 38.3 Å². The van der Waals surface area contributed by atoms with Crippen molar-refractivity contribution in [3.05, 3.63) is 64.1 Å². The molecule has 2 rings (SSSR count). The summed E-state index contributed by atoms with van der Waals surface area (Å²) in [5, 5.41) is 2.90. The van der Waals surface area contributed by atoms with Gasteiger partial charge in [0.1, 0.15) is 11.6 Å². The number of ether oxygens (including phenoxy) is 1. The molecule has 6 heteroatoms. The number of halogens is 3. The van der Waals surface area contributed by atoms with Gasteiger partial charge in [0, 0.05) is 16.2 Å². The first-order valence-electron chi connectivity index (χ1n) is 6.05. The smallest absolute Gasteiger partial charge is 0.332 e. The average molecular weight is 356 g/mol. The van der Waals surface area contributed by atoms with Crippen molar-refractivity contribution in [1.29, 1.82) is 0 Å². The number of rotatable bonds is 4. The second-order valence-corrected chi connectivity index (χ2v) is 5.23. The highest BCUT2D eigenvalue weighted by Gasteiger charge is 2.22. The zero-order chi connectivity index (χ0) is 15.4. The van der Waals surface area contributed by atoms with Crippen LogP contribution < -0.4 is 5.32 Å². The van der Waals surface area contributed by atoms with Gasteiger partial charge in [-0.2, -0.15) is 0 Å². The maximum Gasteiger partial charge on any atom is 0.332 e. The number of esters is 1. The quantitative estimate of drug-likeness (QED) is 0.840. The van der Waals surface area contributed by atoms with Crippen molar-refractivity contribution in [3.8, 4) is 0 Å². The van der Waals surface area contributed by atoms with Gasteiger partial charge < -0.3 is 10.1 Å². The molecule has 2 aromatic rings. The van der Waals surface area contributed by atoms with E-state index in [1.54, 1.807) is 18.2 Å². The maximum atomic E-state index is 13.3. The van der Waals surface area contributed by atoms with Crippen LogP contribution in [-0.4, -0.2) is 13.1 Å². The predicted octanol–water partition coefficient (Wildman–Crippen LogP) is 4.05. The Morgan fingerprint density at radius 2 is 1.86 bits per heavy atom. The molecule has 0 amide bonds. The Kier molecular flexibility index (Phi) is 4.90. The number of methoxy groups -OCH3 is 1. The van der Waals surface area contributed by atoms with Crippen molar-refractivity contribution < 1.29 is 18.3 Å². The molecule has 1 atom stereocenters. The number of nitrogens with one attached hydrogen (secondary N) is 1. The molecule has 0 fully saturated rings. The van der Waals surface area contributed by atoms with Crippen molar-refractivity contribution >= 4 is 27.6 Å². The number of hydrogen-bond donors (Lipinski definition) is 1. The van der Waals surface area contributed by atoms with Crippen molar-refractivity contribution in [1.82, 2.24) is 0 Å². The second kappa shape index (κ2) is 6.67. The van der Waals surface area contributed by atoms with Gasteiger partial charge in [0.05, 0.1) is 7.11 Å². The summed E-state index contributed by atoms with van der Waals surface area (Å²) in [6, 6.07) is 8.99. The second-order valence-electron chi connectivity index (χ2n) is 4.31. The normalized spacial score (nSPS) is 11.8. The number of benzene rings is 2. The van der Waals surface area contributed by atoms with Crippen LogP contribution in [0.25, 0.3) is 0 Å². The van der Waals surface area contributed by atoms with Crippen LogP contribution >= 0.6 is 15.9 Å². The van der Waals surface area contributed by atoms with Gasteiger partial charge >= 0.3 is 5.97 Å². The van der Waals surface area contributed by atoms with Crippen LogP contribution in [0.1, 0.15) is 11.6 Å². The van der Waals surface area contributed by atoms with E-state index in [0.29, 0.717) is 5.69 Å². The average Bonchev–Trinajstić information content (AvgIpc) is 2.43. The van der Waals surface area contributed by atoms with Crippen molar-refractivity contribution in [3.63, 3.8) is 0 Å². The van der Waals surface area contributed by atoms with E-state index in [1.807, 2.05) is 6.07 Å². The van der Waals surface area contributed by atoms with Crippen LogP contribution in [0.3, 0.4) is 0 Å². The fourth-order valence-electron chi connectivity index (χ4n) is 1.88. The lowest BCUT2D eigenvalue weighted by Gasteiger charge is -2.18. The third kappa shape index (κ3) is 4.01. The number of anilines is 1. The minimum atomic E-state index is -1.01. The van der Waals surface area contributed by atoms with Crippen molar-refractivity contribution in [2.75, 3.05) is 12.4 Å². The van der Waals surface area contributed by atoms with Gasteiger partial charge in [0.15, 0.2) is 6.04 Å². The molecule has 0 saturated carbocycles. The lowest BCUT2D eigenvalue weighted by Crippen LogP contribution is -2.22. The van der Waals surface area contributed by atoms with Gasteiger partial charge in [0.25, 0.3) is 0 Å². The molecular weight excluding hydrogens is 344 g/mol. The summed E-state index contributed by atoms with van der Waals surface area (Å²) >= 11 is 3.31. The first kappa shape index (κ1) is 15.4. The molecule has 0 aromatic heterocycles. The van der Waals surface area contributed by atoms with E-state index in [1.165, 1.54) is 7.11 Å². The molecule has 21 heavy (non-hydrogen) atoms. The van der Waals surface area contributed by atoms with Crippen LogP contribution in [0, 0.1) is 11.6 Å². The van der Waals surface area contributed by atoms with Gasteiger partial charge in [-0.05, 0) is 35.9 Å². The SMILES string of the molecule is COC(=O)C(Nc1cccc(Br)c1)c1cc(F)cc(F)c1. The molecule has 110 valence electrons. The molecule has 0 aliphatic rings. The first-order chi connectivity index (χ1) is 9.99. The Balaban J connectivity index is 2.36. The summed E-state index contributed by atoms with van der Waals surface area (Å²) in [5.74, 6) is -2.15. The molecule has 2 aromatic carbocycles. The number of carbonyl (C=O) groups is 1. The summed E-state index contributed by atoms with van der Waals surface area (Å²) in [6.07, 6.45) is 0. The van der Waals surface area contributed by atoms with Gasteiger partial charge in [-0.15, -0.1) is 0 Å². The van der Waals surface area contributed by atoms with E-state index in [4.69, 9.17) is 4.74 Å². The molecule has 0 saturated heterocycles. The summed E-state index contributed by atoms with van der Waals surface area (Å²) in [6.45, 7) is 0. The molecule has 1 unspecified atom stereocenters. The molecule has 1 N–H and O–H groups in total. The van der Waals surface area contributed by atoms with Crippen molar-refractivity contribution in [2.45, 2.75) is 6.04 Å². The standard InChI is InChI=1S/C15H12BrF2NO2/c1-21-15(20)14(9-5-11(17)8-12(18)6-9)19-13-4-2-3-10(16)7-13/h2-8,14,19H,1H3. The van der Waals surface area contributed by atoms with E-state index in [-0.39, 0.29) is 5.56 Å². The zero-order valence-corrected chi connectivity index (χ0v) is 12.7. The first-order valence-corrected chi connectivity index (χ1v) is 6.85. The van der Waals surface area contributed by atoms with Crippen LogP contribution in [0.5, 0.6) is 0 Å². The van der Waals surface area contributed by atoms with Gasteiger partial charge in [0.2, 0.25) is 0 Å². The highest BCUT2D eigenvalue weighted by molar-refractivity contribution is 9.10. The summed E-state index contributed by atoms with van der Waals surface area (Å²) in [5.41, 5.74) is 0.767. The monoisotopic (exact) mass is 355 g/mol. The lowest BCUT2D eigenvalue weighted by molar-refractivity contribution is -0.141. The molecular formula is C15H12BrF2NO2. The van der Waals surface area contributed by atoms with Crippen LogP contribution in [0.4, 0.5) is 14.5 Å². The molecule has 0 aliphatic heterocycles. The number of carbonyl (C=O) groups excluding carboxylic acids is 1. The highest BCUT2D eigenvalue weighted by Crippen LogP contribution is 2.24. The highest BCUT2D eigenvalue weighted by atomic mass is 79.9. The fraction of sp³-hybridized carbons (Fsp3) is 0.133. The van der Waals surface area contributed by atoms with Crippen LogP contribution in [0.15, 0.2) is 46.9 Å². The number of hydrogen-bond acceptors (Lipinski definition) is 3. The Morgan fingerprint density at radius 1 is 1.19 bits per heavy atom.